The number of nitrogens with zero attached hydrogens (tertiary/aromatic N) is 3. The second-order valence-electron chi connectivity index (χ2n) is 15.8. The number of benzene rings is 9. The Hall–Kier alpha value is -8.01. The maximum atomic E-state index is 5.47. The summed E-state index contributed by atoms with van der Waals surface area (Å²) in [4.78, 5) is 16.2. The molecule has 0 atom stereocenters. The van der Waals surface area contributed by atoms with Crippen LogP contribution < -0.4 is 0 Å². The van der Waals surface area contributed by atoms with E-state index in [0.29, 0.717) is 17.5 Å². The van der Waals surface area contributed by atoms with Gasteiger partial charge < -0.3 is 0 Å². The molecule has 0 fully saturated rings. The quantitative estimate of drug-likeness (QED) is 0.175. The number of rotatable bonds is 5. The first kappa shape index (κ1) is 35.0. The first-order chi connectivity index (χ1) is 30.3. The zero-order chi connectivity index (χ0) is 40.3. The molecule has 1 spiro atoms. The van der Waals surface area contributed by atoms with Crippen LogP contribution in [0, 0.1) is 0 Å². The molecule has 1 aromatic heterocycles. The molecule has 12 rings (SSSR count). The van der Waals surface area contributed by atoms with Crippen molar-refractivity contribution in [3.8, 4) is 89.8 Å². The molecule has 3 nitrogen and oxygen atoms in total. The van der Waals surface area contributed by atoms with Crippen LogP contribution in [0.4, 0.5) is 0 Å². The fourth-order valence-corrected chi connectivity index (χ4v) is 10.0. The minimum atomic E-state index is -0.614. The Kier molecular flexibility index (Phi) is 8.07. The molecule has 10 aromatic rings. The van der Waals surface area contributed by atoms with Crippen molar-refractivity contribution in [1.82, 2.24) is 15.0 Å². The fourth-order valence-electron chi connectivity index (χ4n) is 10.0. The molecule has 0 saturated carbocycles. The SMILES string of the molecule is c1ccc(-c2cccc(-c3nc(-c4ccccc4-c4ccccc4)nc(-c4cccc5c4-c4ccccc4C54c5ccccc5-c5ccccc5-c5ccccc54)n3)c2)cc1. The van der Waals surface area contributed by atoms with Gasteiger partial charge in [0.2, 0.25) is 0 Å². The topological polar surface area (TPSA) is 38.7 Å². The molecule has 284 valence electrons. The second kappa shape index (κ2) is 14.1. The van der Waals surface area contributed by atoms with Crippen LogP contribution in [0.3, 0.4) is 0 Å². The highest BCUT2D eigenvalue weighted by atomic mass is 15.0. The van der Waals surface area contributed by atoms with Crippen LogP contribution in [-0.4, -0.2) is 15.0 Å². The van der Waals surface area contributed by atoms with E-state index < -0.39 is 5.41 Å². The van der Waals surface area contributed by atoms with Crippen molar-refractivity contribution < 1.29 is 0 Å². The van der Waals surface area contributed by atoms with Crippen molar-refractivity contribution in [2.45, 2.75) is 5.41 Å². The first-order valence-corrected chi connectivity index (χ1v) is 20.9. The van der Waals surface area contributed by atoms with Gasteiger partial charge in [0.25, 0.3) is 0 Å². The minimum Gasteiger partial charge on any atom is -0.208 e. The lowest BCUT2D eigenvalue weighted by Gasteiger charge is -2.35. The van der Waals surface area contributed by atoms with Gasteiger partial charge in [-0.3, -0.25) is 0 Å². The van der Waals surface area contributed by atoms with Gasteiger partial charge in [-0.2, -0.15) is 0 Å². The van der Waals surface area contributed by atoms with Gasteiger partial charge in [-0.05, 0) is 84.0 Å². The van der Waals surface area contributed by atoms with Crippen LogP contribution in [0.1, 0.15) is 22.3 Å². The van der Waals surface area contributed by atoms with Gasteiger partial charge in [-0.25, -0.2) is 15.0 Å². The summed E-state index contributed by atoms with van der Waals surface area (Å²) >= 11 is 0. The molecule has 0 radical (unpaired) electrons. The average Bonchev–Trinajstić information content (AvgIpc) is 3.59. The molecule has 0 aliphatic heterocycles. The van der Waals surface area contributed by atoms with E-state index >= 15 is 0 Å². The predicted molar refractivity (Wildman–Crippen MR) is 249 cm³/mol. The summed E-state index contributed by atoms with van der Waals surface area (Å²) in [5.74, 6) is 1.89. The predicted octanol–water partition coefficient (Wildman–Crippen LogP) is 14.2. The van der Waals surface area contributed by atoms with Gasteiger partial charge in [0.05, 0.1) is 5.41 Å². The third-order valence-electron chi connectivity index (χ3n) is 12.6. The van der Waals surface area contributed by atoms with Crippen LogP contribution in [0.5, 0.6) is 0 Å². The van der Waals surface area contributed by atoms with Crippen molar-refractivity contribution in [3.05, 3.63) is 247 Å². The summed E-state index contributed by atoms with van der Waals surface area (Å²) in [6.45, 7) is 0. The Morgan fingerprint density at radius 1 is 0.230 bits per heavy atom. The Morgan fingerprint density at radius 3 is 1.26 bits per heavy atom. The van der Waals surface area contributed by atoms with E-state index in [9.17, 15) is 0 Å². The van der Waals surface area contributed by atoms with E-state index in [1.807, 2.05) is 6.07 Å². The Balaban J connectivity index is 1.15. The van der Waals surface area contributed by atoms with Gasteiger partial charge in [0, 0.05) is 16.7 Å². The largest absolute Gasteiger partial charge is 0.208 e. The van der Waals surface area contributed by atoms with Crippen molar-refractivity contribution in [3.63, 3.8) is 0 Å². The lowest BCUT2D eigenvalue weighted by molar-refractivity contribution is 0.775. The van der Waals surface area contributed by atoms with Crippen LogP contribution in [-0.2, 0) is 5.41 Å². The summed E-state index contributed by atoms with van der Waals surface area (Å²) in [5, 5.41) is 0. The second-order valence-corrected chi connectivity index (χ2v) is 15.8. The zero-order valence-electron chi connectivity index (χ0n) is 33.2. The smallest absolute Gasteiger partial charge is 0.164 e. The highest BCUT2D eigenvalue weighted by Crippen LogP contribution is 2.62. The molecule has 61 heavy (non-hydrogen) atoms. The summed E-state index contributed by atoms with van der Waals surface area (Å²) in [7, 11) is 0. The van der Waals surface area contributed by atoms with Crippen molar-refractivity contribution in [2.75, 3.05) is 0 Å². The minimum absolute atomic E-state index is 0.614. The van der Waals surface area contributed by atoms with Crippen LogP contribution in [0.15, 0.2) is 224 Å². The molecule has 1 heterocycles. The van der Waals surface area contributed by atoms with E-state index in [0.717, 1.165) is 44.5 Å². The number of fused-ring (bicyclic) bond motifs is 12. The molecule has 0 bridgehead atoms. The molecule has 2 aliphatic rings. The molecule has 0 amide bonds. The standard InChI is InChI=1S/C58H37N3/c1-3-19-38(20-4-1)40-23-17-24-41(37-40)55-59-56(47-30-10-7-25-42(47)39-21-5-2-6-22-39)61-57(60-55)49-32-18-36-53-54(49)48-31-13-16-35-52(48)58(53)50-33-14-11-28-45(50)43-26-8-9-27-44(43)46-29-12-15-34-51(46)58/h1-37H. The number of hydrogen-bond donors (Lipinski definition) is 0. The molecule has 0 saturated heterocycles. The molecule has 2 aliphatic carbocycles. The van der Waals surface area contributed by atoms with Gasteiger partial charge in [0.15, 0.2) is 17.5 Å². The third kappa shape index (κ3) is 5.41. The third-order valence-corrected chi connectivity index (χ3v) is 12.6. The molecule has 0 N–H and O–H groups in total. The first-order valence-electron chi connectivity index (χ1n) is 20.9. The van der Waals surface area contributed by atoms with E-state index in [2.05, 4.69) is 218 Å². The number of aromatic nitrogens is 3. The van der Waals surface area contributed by atoms with Crippen molar-refractivity contribution in [2.24, 2.45) is 0 Å². The number of hydrogen-bond acceptors (Lipinski definition) is 3. The normalized spacial score (nSPS) is 12.7. The molecular weight excluding hydrogens is 739 g/mol. The van der Waals surface area contributed by atoms with Gasteiger partial charge in [-0.1, -0.05) is 218 Å². The average molecular weight is 776 g/mol. The molecule has 9 aromatic carbocycles. The van der Waals surface area contributed by atoms with Crippen LogP contribution >= 0.6 is 0 Å². The molecular formula is C58H37N3. The summed E-state index contributed by atoms with van der Waals surface area (Å²) in [6.07, 6.45) is 0. The van der Waals surface area contributed by atoms with E-state index in [1.165, 1.54) is 50.1 Å². The van der Waals surface area contributed by atoms with Crippen molar-refractivity contribution >= 4 is 0 Å². The van der Waals surface area contributed by atoms with Crippen LogP contribution in [0.2, 0.25) is 0 Å². The van der Waals surface area contributed by atoms with E-state index in [4.69, 9.17) is 15.0 Å². The van der Waals surface area contributed by atoms with Crippen LogP contribution in [0.25, 0.3) is 89.8 Å². The maximum absolute atomic E-state index is 5.47. The van der Waals surface area contributed by atoms with E-state index in [-0.39, 0.29) is 0 Å². The maximum Gasteiger partial charge on any atom is 0.164 e. The van der Waals surface area contributed by atoms with Gasteiger partial charge in [-0.15, -0.1) is 0 Å². The molecule has 3 heteroatoms. The van der Waals surface area contributed by atoms with Gasteiger partial charge in [0.1, 0.15) is 0 Å². The Bertz CT molecular complexity index is 3250. The zero-order valence-corrected chi connectivity index (χ0v) is 33.2. The highest BCUT2D eigenvalue weighted by Gasteiger charge is 2.50. The van der Waals surface area contributed by atoms with Crippen molar-refractivity contribution in [1.29, 1.82) is 0 Å². The lowest BCUT2D eigenvalue weighted by atomic mass is 9.66. The summed E-state index contributed by atoms with van der Waals surface area (Å²) < 4.78 is 0. The molecule has 0 unspecified atom stereocenters. The van der Waals surface area contributed by atoms with Gasteiger partial charge >= 0.3 is 0 Å². The monoisotopic (exact) mass is 775 g/mol. The summed E-state index contributed by atoms with van der Waals surface area (Å²) in [6, 6.07) is 80.5. The fraction of sp³-hybridized carbons (Fsp3) is 0.0172. The lowest BCUT2D eigenvalue weighted by Crippen LogP contribution is -2.29. The Morgan fingerprint density at radius 2 is 0.623 bits per heavy atom. The summed E-state index contributed by atoms with van der Waals surface area (Å²) in [5.41, 5.74) is 19.0. The highest BCUT2D eigenvalue weighted by molar-refractivity contribution is 6.00. The van der Waals surface area contributed by atoms with E-state index in [1.54, 1.807) is 0 Å². The Labute approximate surface area is 355 Å².